The zero-order valence-corrected chi connectivity index (χ0v) is 16.0. The minimum Gasteiger partial charge on any atom is -0.493 e. The van der Waals surface area contributed by atoms with E-state index in [1.807, 2.05) is 55.5 Å². The number of methoxy groups -OCH3 is 1. The van der Waals surface area contributed by atoms with Crippen LogP contribution in [0.5, 0.6) is 11.5 Å². The molecule has 0 aromatic heterocycles. The average molecular weight is 356 g/mol. The molecule has 140 valence electrons. The summed E-state index contributed by atoms with van der Waals surface area (Å²) < 4.78 is 11.2. The Bertz CT molecular complexity index is 704. The number of carbonyl (C=O) groups is 1. The predicted molar refractivity (Wildman–Crippen MR) is 105 cm³/mol. The summed E-state index contributed by atoms with van der Waals surface area (Å²) in [5, 5.41) is 3.01. The van der Waals surface area contributed by atoms with Gasteiger partial charge < -0.3 is 14.8 Å². The number of carbonyl (C=O) groups excluding carboxylic acids is 1. The average Bonchev–Trinajstić information content (AvgIpc) is 2.68. The molecule has 1 N–H and O–H groups in total. The van der Waals surface area contributed by atoms with Crippen LogP contribution in [0.4, 0.5) is 10.5 Å². The predicted octanol–water partition coefficient (Wildman–Crippen LogP) is 4.78. The minimum absolute atomic E-state index is 0.0790. The number of nitrogens with zero attached hydrogens (tertiary/aromatic N) is 1. The highest BCUT2D eigenvalue weighted by atomic mass is 16.5. The van der Waals surface area contributed by atoms with Gasteiger partial charge in [-0.25, -0.2) is 4.79 Å². The van der Waals surface area contributed by atoms with E-state index in [1.165, 1.54) is 0 Å². The van der Waals surface area contributed by atoms with Crippen molar-refractivity contribution in [2.24, 2.45) is 0 Å². The van der Waals surface area contributed by atoms with Crippen LogP contribution in [0.2, 0.25) is 0 Å². The molecular formula is C21H28N2O3. The molecular weight excluding hydrogens is 328 g/mol. The van der Waals surface area contributed by atoms with E-state index >= 15 is 0 Å². The molecule has 2 amide bonds. The second kappa shape index (κ2) is 9.70. The van der Waals surface area contributed by atoms with Crippen molar-refractivity contribution in [2.45, 2.75) is 32.7 Å². The Morgan fingerprint density at radius 3 is 2.54 bits per heavy atom. The summed E-state index contributed by atoms with van der Waals surface area (Å²) in [5.41, 5.74) is 1.81. The van der Waals surface area contributed by atoms with Gasteiger partial charge in [-0.2, -0.15) is 0 Å². The third-order valence-corrected chi connectivity index (χ3v) is 4.23. The summed E-state index contributed by atoms with van der Waals surface area (Å²) in [4.78, 5) is 14.2. The molecule has 0 aliphatic rings. The molecule has 5 heteroatoms. The Morgan fingerprint density at radius 1 is 1.15 bits per heavy atom. The number of unbranched alkanes of at least 4 members (excludes halogenated alkanes) is 1. The van der Waals surface area contributed by atoms with Gasteiger partial charge in [0.25, 0.3) is 0 Å². The maximum absolute atomic E-state index is 12.6. The van der Waals surface area contributed by atoms with Gasteiger partial charge in [0, 0.05) is 18.8 Å². The third kappa shape index (κ3) is 5.15. The quantitative estimate of drug-likeness (QED) is 0.693. The second-order valence-electron chi connectivity index (χ2n) is 6.18. The van der Waals surface area contributed by atoms with E-state index in [1.54, 1.807) is 19.1 Å². The van der Waals surface area contributed by atoms with Crippen LogP contribution in [0.1, 0.15) is 38.3 Å². The number of amides is 2. The van der Waals surface area contributed by atoms with Crippen LogP contribution < -0.4 is 19.7 Å². The van der Waals surface area contributed by atoms with Gasteiger partial charge in [0.2, 0.25) is 0 Å². The van der Waals surface area contributed by atoms with Crippen LogP contribution in [-0.2, 0) is 0 Å². The Balaban J connectivity index is 2.08. The smallest absolute Gasteiger partial charge is 0.322 e. The topological polar surface area (TPSA) is 50.8 Å². The van der Waals surface area contributed by atoms with Crippen LogP contribution in [0, 0.1) is 0 Å². The number of hydrogen-bond acceptors (Lipinski definition) is 3. The molecule has 0 heterocycles. The summed E-state index contributed by atoms with van der Waals surface area (Å²) in [6.45, 7) is 4.70. The van der Waals surface area contributed by atoms with Crippen molar-refractivity contribution in [2.75, 3.05) is 25.7 Å². The molecule has 2 aromatic rings. The maximum Gasteiger partial charge on any atom is 0.322 e. The van der Waals surface area contributed by atoms with E-state index in [9.17, 15) is 4.79 Å². The maximum atomic E-state index is 12.6. The van der Waals surface area contributed by atoms with Gasteiger partial charge in [0.05, 0.1) is 19.8 Å². The van der Waals surface area contributed by atoms with Gasteiger partial charge in [-0.05, 0) is 31.0 Å². The molecule has 0 saturated heterocycles. The van der Waals surface area contributed by atoms with Gasteiger partial charge in [0.1, 0.15) is 0 Å². The zero-order valence-electron chi connectivity index (χ0n) is 16.0. The van der Waals surface area contributed by atoms with Crippen molar-refractivity contribution < 1.29 is 14.3 Å². The van der Waals surface area contributed by atoms with Crippen LogP contribution in [-0.4, -0.2) is 26.8 Å². The number of rotatable bonds is 8. The van der Waals surface area contributed by atoms with Crippen molar-refractivity contribution in [3.05, 3.63) is 54.1 Å². The van der Waals surface area contributed by atoms with Crippen molar-refractivity contribution in [3.8, 4) is 11.5 Å². The highest BCUT2D eigenvalue weighted by molar-refractivity contribution is 5.92. The molecule has 0 fully saturated rings. The standard InChI is InChI=1S/C21H28N2O3/c1-5-6-14-26-20-15-18(12-13-19(20)25-4)23(3)21(24)22-16(2)17-10-8-7-9-11-17/h7-13,15-16H,5-6,14H2,1-4H3,(H,22,24)/t16-/m0/s1. The number of nitrogens with one attached hydrogen (secondary N) is 1. The summed E-state index contributed by atoms with van der Waals surface area (Å²) in [6, 6.07) is 15.1. The van der Waals surface area contributed by atoms with Crippen LogP contribution in [0.25, 0.3) is 0 Å². The highest BCUT2D eigenvalue weighted by Crippen LogP contribution is 2.32. The summed E-state index contributed by atoms with van der Waals surface area (Å²) >= 11 is 0. The largest absolute Gasteiger partial charge is 0.493 e. The molecule has 1 atom stereocenters. The van der Waals surface area contributed by atoms with Gasteiger partial charge in [0.15, 0.2) is 11.5 Å². The second-order valence-corrected chi connectivity index (χ2v) is 6.18. The molecule has 26 heavy (non-hydrogen) atoms. The molecule has 0 saturated carbocycles. The van der Waals surface area contributed by atoms with Gasteiger partial charge in [-0.1, -0.05) is 43.7 Å². The fourth-order valence-corrected chi connectivity index (χ4v) is 2.54. The monoisotopic (exact) mass is 356 g/mol. The minimum atomic E-state index is -0.175. The Morgan fingerprint density at radius 2 is 1.88 bits per heavy atom. The molecule has 0 radical (unpaired) electrons. The highest BCUT2D eigenvalue weighted by Gasteiger charge is 2.16. The van der Waals surface area contributed by atoms with E-state index in [4.69, 9.17) is 9.47 Å². The van der Waals surface area contributed by atoms with Crippen LogP contribution in [0.15, 0.2) is 48.5 Å². The van der Waals surface area contributed by atoms with Crippen molar-refractivity contribution in [1.82, 2.24) is 5.32 Å². The van der Waals surface area contributed by atoms with E-state index in [0.29, 0.717) is 18.1 Å². The van der Waals surface area contributed by atoms with Gasteiger partial charge in [-0.3, -0.25) is 4.90 Å². The third-order valence-electron chi connectivity index (χ3n) is 4.23. The van der Waals surface area contributed by atoms with Crippen LogP contribution >= 0.6 is 0 Å². The molecule has 0 aliphatic carbocycles. The molecule has 0 aliphatic heterocycles. The first-order chi connectivity index (χ1) is 12.6. The van der Waals surface area contributed by atoms with Crippen molar-refractivity contribution in [3.63, 3.8) is 0 Å². The summed E-state index contributed by atoms with van der Waals surface area (Å²) in [6.07, 6.45) is 2.03. The Hall–Kier alpha value is -2.69. The zero-order chi connectivity index (χ0) is 18.9. The Labute approximate surface area is 155 Å². The SMILES string of the molecule is CCCCOc1cc(N(C)C(=O)N[C@@H](C)c2ccccc2)ccc1OC. The van der Waals surface area contributed by atoms with E-state index in [0.717, 1.165) is 24.1 Å². The number of ether oxygens (including phenoxy) is 2. The normalized spacial score (nSPS) is 11.5. The lowest BCUT2D eigenvalue weighted by Gasteiger charge is -2.22. The first-order valence-electron chi connectivity index (χ1n) is 8.96. The Kier molecular flexibility index (Phi) is 7.33. The van der Waals surface area contributed by atoms with Crippen molar-refractivity contribution >= 4 is 11.7 Å². The van der Waals surface area contributed by atoms with E-state index in [-0.39, 0.29) is 12.1 Å². The molecule has 2 rings (SSSR count). The first-order valence-corrected chi connectivity index (χ1v) is 8.96. The summed E-state index contributed by atoms with van der Waals surface area (Å²) in [7, 11) is 3.35. The van der Waals surface area contributed by atoms with Crippen LogP contribution in [0.3, 0.4) is 0 Å². The number of anilines is 1. The molecule has 0 unspecified atom stereocenters. The van der Waals surface area contributed by atoms with Gasteiger partial charge in [-0.15, -0.1) is 0 Å². The van der Waals surface area contributed by atoms with Crippen molar-refractivity contribution in [1.29, 1.82) is 0 Å². The van der Waals surface area contributed by atoms with E-state index < -0.39 is 0 Å². The lowest BCUT2D eigenvalue weighted by atomic mass is 10.1. The number of urea groups is 1. The number of hydrogen-bond donors (Lipinski definition) is 1. The molecule has 0 spiro atoms. The first kappa shape index (κ1) is 19.6. The number of benzene rings is 2. The molecule has 0 bridgehead atoms. The fraction of sp³-hybridized carbons (Fsp3) is 0.381. The lowest BCUT2D eigenvalue weighted by Crippen LogP contribution is -2.38. The molecule has 5 nitrogen and oxygen atoms in total. The molecule has 2 aromatic carbocycles. The van der Waals surface area contributed by atoms with Gasteiger partial charge >= 0.3 is 6.03 Å². The fourth-order valence-electron chi connectivity index (χ4n) is 2.54. The lowest BCUT2D eigenvalue weighted by molar-refractivity contribution is 0.244. The van der Waals surface area contributed by atoms with E-state index in [2.05, 4.69) is 12.2 Å². The summed E-state index contributed by atoms with van der Waals surface area (Å²) in [5.74, 6) is 1.31.